The average Bonchev–Trinajstić information content (AvgIpc) is 2.67. The summed E-state index contributed by atoms with van der Waals surface area (Å²) in [7, 11) is 0. The monoisotopic (exact) mass is 219 g/mol. The maximum absolute atomic E-state index is 10.9. The predicted molar refractivity (Wildman–Crippen MR) is 59.2 cm³/mol. The lowest BCUT2D eigenvalue weighted by Gasteiger charge is -1.99. The maximum Gasteiger partial charge on any atom is 0.337 e. The van der Waals surface area contributed by atoms with Gasteiger partial charge in [-0.05, 0) is 30.0 Å². The van der Waals surface area contributed by atoms with Gasteiger partial charge in [0.15, 0.2) is 0 Å². The number of nitrogens with zero attached hydrogens (tertiary/aromatic N) is 1. The molecule has 2 rings (SSSR count). The molecule has 0 unspecified atom stereocenters. The van der Waals surface area contributed by atoms with E-state index in [1.54, 1.807) is 17.6 Å². The SMILES string of the molecule is Cc1ccc(-c2sccc2C(=O)O)nc1. The Hall–Kier alpha value is -1.68. The number of thiophene rings is 1. The summed E-state index contributed by atoms with van der Waals surface area (Å²) in [6, 6.07) is 5.37. The van der Waals surface area contributed by atoms with Gasteiger partial charge in [0.05, 0.1) is 16.1 Å². The molecule has 2 aromatic rings. The topological polar surface area (TPSA) is 50.2 Å². The summed E-state index contributed by atoms with van der Waals surface area (Å²) in [4.78, 5) is 15.8. The van der Waals surface area contributed by atoms with Crippen LogP contribution in [0, 0.1) is 6.92 Å². The molecule has 0 saturated carbocycles. The number of hydrogen-bond donors (Lipinski definition) is 1. The molecule has 0 atom stereocenters. The fourth-order valence-corrected chi connectivity index (χ4v) is 2.14. The third-order valence-corrected chi connectivity index (χ3v) is 2.98. The Morgan fingerprint density at radius 3 is 2.80 bits per heavy atom. The molecule has 0 saturated heterocycles. The van der Waals surface area contributed by atoms with E-state index >= 15 is 0 Å². The summed E-state index contributed by atoms with van der Waals surface area (Å²) >= 11 is 1.39. The van der Waals surface area contributed by atoms with E-state index < -0.39 is 5.97 Å². The van der Waals surface area contributed by atoms with E-state index in [0.29, 0.717) is 16.1 Å². The molecular weight excluding hydrogens is 210 g/mol. The Kier molecular flexibility index (Phi) is 2.51. The number of rotatable bonds is 2. The van der Waals surface area contributed by atoms with E-state index in [1.165, 1.54) is 11.3 Å². The first-order chi connectivity index (χ1) is 7.18. The summed E-state index contributed by atoms with van der Waals surface area (Å²) < 4.78 is 0. The highest BCUT2D eigenvalue weighted by Gasteiger charge is 2.13. The van der Waals surface area contributed by atoms with E-state index in [2.05, 4.69) is 4.98 Å². The molecule has 0 aliphatic rings. The number of hydrogen-bond acceptors (Lipinski definition) is 3. The van der Waals surface area contributed by atoms with Crippen LogP contribution in [0.4, 0.5) is 0 Å². The number of carbonyl (C=O) groups is 1. The Balaban J connectivity index is 2.49. The molecule has 2 heterocycles. The third-order valence-electron chi connectivity index (χ3n) is 2.04. The van der Waals surface area contributed by atoms with Gasteiger partial charge in [0, 0.05) is 6.20 Å². The van der Waals surface area contributed by atoms with Gasteiger partial charge in [-0.3, -0.25) is 4.98 Å². The van der Waals surface area contributed by atoms with Crippen molar-refractivity contribution in [2.45, 2.75) is 6.92 Å². The van der Waals surface area contributed by atoms with Gasteiger partial charge in [0.1, 0.15) is 0 Å². The van der Waals surface area contributed by atoms with E-state index in [-0.39, 0.29) is 0 Å². The third kappa shape index (κ3) is 1.89. The molecule has 15 heavy (non-hydrogen) atoms. The van der Waals surface area contributed by atoms with Crippen molar-refractivity contribution in [2.75, 3.05) is 0 Å². The number of aromatic nitrogens is 1. The van der Waals surface area contributed by atoms with Gasteiger partial charge in [0.25, 0.3) is 0 Å². The minimum Gasteiger partial charge on any atom is -0.478 e. The van der Waals surface area contributed by atoms with Crippen LogP contribution in [0.15, 0.2) is 29.8 Å². The molecule has 0 bridgehead atoms. The van der Waals surface area contributed by atoms with Gasteiger partial charge in [-0.1, -0.05) is 6.07 Å². The zero-order valence-corrected chi connectivity index (χ0v) is 8.91. The zero-order chi connectivity index (χ0) is 10.8. The quantitative estimate of drug-likeness (QED) is 0.844. The van der Waals surface area contributed by atoms with Crippen LogP contribution in [0.25, 0.3) is 10.6 Å². The summed E-state index contributed by atoms with van der Waals surface area (Å²) in [6.07, 6.45) is 1.74. The van der Waals surface area contributed by atoms with Crippen LogP contribution in [0.5, 0.6) is 0 Å². The summed E-state index contributed by atoms with van der Waals surface area (Å²) in [5.41, 5.74) is 2.09. The fourth-order valence-electron chi connectivity index (χ4n) is 1.28. The first kappa shape index (κ1) is 9.86. The van der Waals surface area contributed by atoms with Crippen molar-refractivity contribution in [3.63, 3.8) is 0 Å². The normalized spacial score (nSPS) is 10.2. The van der Waals surface area contributed by atoms with E-state index in [4.69, 9.17) is 5.11 Å². The molecule has 0 spiro atoms. The van der Waals surface area contributed by atoms with Crippen LogP contribution in [0.1, 0.15) is 15.9 Å². The Morgan fingerprint density at radius 1 is 1.40 bits per heavy atom. The van der Waals surface area contributed by atoms with Crippen molar-refractivity contribution in [3.05, 3.63) is 40.9 Å². The zero-order valence-electron chi connectivity index (χ0n) is 8.10. The van der Waals surface area contributed by atoms with Crippen molar-refractivity contribution >= 4 is 17.3 Å². The van der Waals surface area contributed by atoms with Crippen molar-refractivity contribution < 1.29 is 9.90 Å². The lowest BCUT2D eigenvalue weighted by molar-refractivity contribution is 0.0698. The first-order valence-electron chi connectivity index (χ1n) is 4.42. The van der Waals surface area contributed by atoms with Crippen molar-refractivity contribution in [3.8, 4) is 10.6 Å². The van der Waals surface area contributed by atoms with E-state index in [0.717, 1.165) is 5.56 Å². The van der Waals surface area contributed by atoms with Crippen LogP contribution >= 0.6 is 11.3 Å². The number of aryl methyl sites for hydroxylation is 1. The molecule has 2 aromatic heterocycles. The van der Waals surface area contributed by atoms with Crippen LogP contribution in [-0.4, -0.2) is 16.1 Å². The second kappa shape index (κ2) is 3.82. The van der Waals surface area contributed by atoms with Gasteiger partial charge in [-0.2, -0.15) is 0 Å². The Labute approximate surface area is 91.0 Å². The molecule has 4 heteroatoms. The average molecular weight is 219 g/mol. The van der Waals surface area contributed by atoms with Crippen molar-refractivity contribution in [2.24, 2.45) is 0 Å². The Morgan fingerprint density at radius 2 is 2.20 bits per heavy atom. The molecule has 0 amide bonds. The second-order valence-corrected chi connectivity index (χ2v) is 4.11. The molecule has 3 nitrogen and oxygen atoms in total. The van der Waals surface area contributed by atoms with E-state index in [1.807, 2.05) is 19.1 Å². The molecule has 0 aliphatic carbocycles. The molecule has 1 N–H and O–H groups in total. The molecule has 0 aliphatic heterocycles. The number of carboxylic acid groups (broad SMARTS) is 1. The van der Waals surface area contributed by atoms with Gasteiger partial charge in [-0.15, -0.1) is 11.3 Å². The van der Waals surface area contributed by atoms with Crippen molar-refractivity contribution in [1.29, 1.82) is 0 Å². The molecule has 0 fully saturated rings. The Bertz CT molecular complexity index is 488. The molecule has 0 aromatic carbocycles. The number of aromatic carboxylic acids is 1. The van der Waals surface area contributed by atoms with Crippen LogP contribution in [0.3, 0.4) is 0 Å². The molecular formula is C11H9NO2S. The highest BCUT2D eigenvalue weighted by molar-refractivity contribution is 7.14. The molecule has 0 radical (unpaired) electrons. The van der Waals surface area contributed by atoms with Crippen LogP contribution in [0.2, 0.25) is 0 Å². The second-order valence-electron chi connectivity index (χ2n) is 3.19. The first-order valence-corrected chi connectivity index (χ1v) is 5.30. The smallest absolute Gasteiger partial charge is 0.337 e. The fraction of sp³-hybridized carbons (Fsp3) is 0.0909. The highest BCUT2D eigenvalue weighted by atomic mass is 32.1. The summed E-state index contributed by atoms with van der Waals surface area (Å²) in [6.45, 7) is 1.95. The molecule has 76 valence electrons. The summed E-state index contributed by atoms with van der Waals surface area (Å²) in [5.74, 6) is -0.909. The number of carboxylic acids is 1. The minimum atomic E-state index is -0.909. The van der Waals surface area contributed by atoms with E-state index in [9.17, 15) is 4.79 Å². The van der Waals surface area contributed by atoms with Gasteiger partial charge in [0.2, 0.25) is 0 Å². The van der Waals surface area contributed by atoms with Crippen LogP contribution in [-0.2, 0) is 0 Å². The van der Waals surface area contributed by atoms with Gasteiger partial charge >= 0.3 is 5.97 Å². The lowest BCUT2D eigenvalue weighted by Crippen LogP contribution is -1.96. The standard InChI is InChI=1S/C11H9NO2S/c1-7-2-3-9(12-6-7)10-8(11(13)14)4-5-15-10/h2-6H,1H3,(H,13,14). The number of pyridine rings is 1. The lowest BCUT2D eigenvalue weighted by atomic mass is 10.2. The highest BCUT2D eigenvalue weighted by Crippen LogP contribution is 2.27. The minimum absolute atomic E-state index is 0.316. The largest absolute Gasteiger partial charge is 0.478 e. The van der Waals surface area contributed by atoms with Crippen LogP contribution < -0.4 is 0 Å². The predicted octanol–water partition coefficient (Wildman–Crippen LogP) is 2.82. The summed E-state index contributed by atoms with van der Waals surface area (Å²) in [5, 5.41) is 10.7. The maximum atomic E-state index is 10.9. The van der Waals surface area contributed by atoms with Gasteiger partial charge < -0.3 is 5.11 Å². The van der Waals surface area contributed by atoms with Crippen molar-refractivity contribution in [1.82, 2.24) is 4.98 Å². The van der Waals surface area contributed by atoms with Gasteiger partial charge in [-0.25, -0.2) is 4.79 Å².